The number of piperazine rings is 1. The Morgan fingerprint density at radius 2 is 2.17 bits per heavy atom. The molecule has 0 unspecified atom stereocenters. The van der Waals surface area contributed by atoms with E-state index in [1.807, 2.05) is 12.1 Å². The van der Waals surface area contributed by atoms with Crippen molar-refractivity contribution in [3.63, 3.8) is 0 Å². The Labute approximate surface area is 113 Å². The van der Waals surface area contributed by atoms with E-state index in [0.29, 0.717) is 10.8 Å². The topological polar surface area (TPSA) is 35.5 Å². The van der Waals surface area contributed by atoms with Crippen molar-refractivity contribution in [2.75, 3.05) is 26.2 Å². The van der Waals surface area contributed by atoms with E-state index in [-0.39, 0.29) is 6.04 Å². The number of hydrogen-bond donors (Lipinski definition) is 2. The molecule has 18 heavy (non-hydrogen) atoms. The average molecular weight is 267 g/mol. The molecule has 0 amide bonds. The van der Waals surface area contributed by atoms with Gasteiger partial charge in [0.15, 0.2) is 0 Å². The summed E-state index contributed by atoms with van der Waals surface area (Å²) in [5, 5.41) is 14.0. The van der Waals surface area contributed by atoms with Crippen LogP contribution in [0.3, 0.4) is 0 Å². The van der Waals surface area contributed by atoms with Crippen molar-refractivity contribution in [3.05, 3.63) is 41.4 Å². The SMILES string of the molecule is C=CC[C@H](c1cc(Cl)ccc1O)N1CCNCC1. The standard InChI is InChI=1S/C14H19ClN2O/c1-2-3-13(17-8-6-16-7-9-17)12-10-11(15)4-5-14(12)18/h2,4-5,10,13,16,18H,1,3,6-9H2/t13-/m1/s1. The monoisotopic (exact) mass is 266 g/mol. The van der Waals surface area contributed by atoms with Crippen molar-refractivity contribution in [2.45, 2.75) is 12.5 Å². The van der Waals surface area contributed by atoms with E-state index in [9.17, 15) is 5.11 Å². The highest BCUT2D eigenvalue weighted by atomic mass is 35.5. The van der Waals surface area contributed by atoms with Gasteiger partial charge in [0, 0.05) is 42.8 Å². The summed E-state index contributed by atoms with van der Waals surface area (Å²) in [5.74, 6) is 0.310. The van der Waals surface area contributed by atoms with Crippen molar-refractivity contribution in [1.82, 2.24) is 10.2 Å². The predicted molar refractivity (Wildman–Crippen MR) is 75.1 cm³/mol. The molecular weight excluding hydrogens is 248 g/mol. The van der Waals surface area contributed by atoms with Crippen LogP contribution in [-0.4, -0.2) is 36.2 Å². The number of phenolic OH excluding ortho intramolecular Hbond substituents is 1. The Hall–Kier alpha value is -1.03. The van der Waals surface area contributed by atoms with Crippen LogP contribution in [0.5, 0.6) is 5.75 Å². The number of hydrogen-bond acceptors (Lipinski definition) is 3. The molecule has 0 spiro atoms. The summed E-state index contributed by atoms with van der Waals surface area (Å²) in [6.07, 6.45) is 2.71. The van der Waals surface area contributed by atoms with E-state index in [0.717, 1.165) is 38.2 Å². The summed E-state index contributed by atoms with van der Waals surface area (Å²) >= 11 is 6.03. The lowest BCUT2D eigenvalue weighted by atomic mass is 10.00. The van der Waals surface area contributed by atoms with Gasteiger partial charge in [-0.15, -0.1) is 6.58 Å². The zero-order valence-electron chi connectivity index (χ0n) is 10.4. The van der Waals surface area contributed by atoms with E-state index < -0.39 is 0 Å². The van der Waals surface area contributed by atoms with Crippen molar-refractivity contribution < 1.29 is 5.11 Å². The molecule has 1 heterocycles. The molecule has 0 aliphatic carbocycles. The second kappa shape index (κ2) is 6.23. The van der Waals surface area contributed by atoms with Crippen molar-refractivity contribution in [1.29, 1.82) is 0 Å². The van der Waals surface area contributed by atoms with E-state index in [2.05, 4.69) is 16.8 Å². The van der Waals surface area contributed by atoms with Crippen LogP contribution >= 0.6 is 11.6 Å². The molecule has 0 saturated carbocycles. The van der Waals surface area contributed by atoms with Crippen molar-refractivity contribution in [3.8, 4) is 5.75 Å². The molecule has 98 valence electrons. The fourth-order valence-corrected chi connectivity index (χ4v) is 2.60. The first-order chi connectivity index (χ1) is 8.72. The van der Waals surface area contributed by atoms with Gasteiger partial charge in [-0.2, -0.15) is 0 Å². The Bertz CT molecular complexity index is 416. The van der Waals surface area contributed by atoms with Crippen LogP contribution in [0.25, 0.3) is 0 Å². The first-order valence-corrected chi connectivity index (χ1v) is 6.64. The molecule has 1 aliphatic heterocycles. The van der Waals surface area contributed by atoms with Crippen LogP contribution in [0.4, 0.5) is 0 Å². The van der Waals surface area contributed by atoms with Crippen LogP contribution in [0.15, 0.2) is 30.9 Å². The maximum atomic E-state index is 10.0. The number of nitrogens with zero attached hydrogens (tertiary/aromatic N) is 1. The molecule has 2 N–H and O–H groups in total. The molecule has 1 fully saturated rings. The third kappa shape index (κ3) is 3.05. The second-order valence-corrected chi connectivity index (χ2v) is 4.97. The largest absolute Gasteiger partial charge is 0.508 e. The number of halogens is 1. The summed E-state index contributed by atoms with van der Waals surface area (Å²) < 4.78 is 0. The van der Waals surface area contributed by atoms with E-state index in [4.69, 9.17) is 11.6 Å². The molecule has 2 rings (SSSR count). The minimum atomic E-state index is 0.156. The van der Waals surface area contributed by atoms with Gasteiger partial charge in [-0.05, 0) is 24.6 Å². The molecular formula is C14H19ClN2O. The maximum Gasteiger partial charge on any atom is 0.120 e. The third-order valence-corrected chi connectivity index (χ3v) is 3.57. The smallest absolute Gasteiger partial charge is 0.120 e. The molecule has 1 aromatic rings. The zero-order valence-corrected chi connectivity index (χ0v) is 11.2. The molecule has 0 aromatic heterocycles. The first kappa shape index (κ1) is 13.4. The highest BCUT2D eigenvalue weighted by Gasteiger charge is 2.23. The van der Waals surface area contributed by atoms with Gasteiger partial charge in [-0.3, -0.25) is 4.90 Å². The average Bonchev–Trinajstić information content (AvgIpc) is 2.40. The number of aromatic hydroxyl groups is 1. The highest BCUT2D eigenvalue weighted by Crippen LogP contribution is 2.33. The van der Waals surface area contributed by atoms with Crippen LogP contribution in [0.1, 0.15) is 18.0 Å². The number of rotatable bonds is 4. The van der Waals surface area contributed by atoms with Crippen LogP contribution in [0, 0.1) is 0 Å². The predicted octanol–water partition coefficient (Wildman–Crippen LogP) is 2.57. The molecule has 0 bridgehead atoms. The van der Waals surface area contributed by atoms with E-state index in [1.165, 1.54) is 0 Å². The second-order valence-electron chi connectivity index (χ2n) is 4.53. The zero-order chi connectivity index (χ0) is 13.0. The van der Waals surface area contributed by atoms with Gasteiger partial charge >= 0.3 is 0 Å². The lowest BCUT2D eigenvalue weighted by Gasteiger charge is -2.35. The molecule has 1 aromatic carbocycles. The first-order valence-electron chi connectivity index (χ1n) is 6.26. The van der Waals surface area contributed by atoms with Gasteiger partial charge < -0.3 is 10.4 Å². The Morgan fingerprint density at radius 3 is 2.83 bits per heavy atom. The van der Waals surface area contributed by atoms with Gasteiger partial charge in [0.1, 0.15) is 5.75 Å². The molecule has 1 atom stereocenters. The summed E-state index contributed by atoms with van der Waals surface area (Å²) in [6, 6.07) is 5.38. The van der Waals surface area contributed by atoms with Crippen LogP contribution < -0.4 is 5.32 Å². The molecule has 4 heteroatoms. The van der Waals surface area contributed by atoms with Gasteiger partial charge in [0.05, 0.1) is 0 Å². The summed E-state index contributed by atoms with van der Waals surface area (Å²) in [7, 11) is 0. The number of nitrogens with one attached hydrogen (secondary N) is 1. The Morgan fingerprint density at radius 1 is 1.44 bits per heavy atom. The maximum absolute atomic E-state index is 10.0. The number of phenols is 1. The minimum absolute atomic E-state index is 0.156. The molecule has 1 aliphatic rings. The summed E-state index contributed by atoms with van der Waals surface area (Å²) in [5.41, 5.74) is 0.893. The van der Waals surface area contributed by atoms with Gasteiger partial charge in [0.2, 0.25) is 0 Å². The van der Waals surface area contributed by atoms with E-state index >= 15 is 0 Å². The minimum Gasteiger partial charge on any atom is -0.508 e. The molecule has 1 saturated heterocycles. The van der Waals surface area contributed by atoms with Gasteiger partial charge in [0.25, 0.3) is 0 Å². The van der Waals surface area contributed by atoms with Crippen molar-refractivity contribution in [2.24, 2.45) is 0 Å². The van der Waals surface area contributed by atoms with Gasteiger partial charge in [-0.25, -0.2) is 0 Å². The number of benzene rings is 1. The van der Waals surface area contributed by atoms with Crippen molar-refractivity contribution >= 4 is 11.6 Å². The molecule has 0 radical (unpaired) electrons. The summed E-state index contributed by atoms with van der Waals surface area (Å²) in [4.78, 5) is 2.36. The Kier molecular flexibility index (Phi) is 4.64. The quantitative estimate of drug-likeness (QED) is 0.823. The van der Waals surface area contributed by atoms with E-state index in [1.54, 1.807) is 12.1 Å². The molecule has 3 nitrogen and oxygen atoms in total. The third-order valence-electron chi connectivity index (χ3n) is 3.33. The van der Waals surface area contributed by atoms with Crippen LogP contribution in [-0.2, 0) is 0 Å². The normalized spacial score (nSPS) is 18.5. The highest BCUT2D eigenvalue weighted by molar-refractivity contribution is 6.30. The van der Waals surface area contributed by atoms with Gasteiger partial charge in [-0.1, -0.05) is 17.7 Å². The van der Waals surface area contributed by atoms with Crippen LogP contribution in [0.2, 0.25) is 5.02 Å². The lowest BCUT2D eigenvalue weighted by Crippen LogP contribution is -2.45. The summed E-state index contributed by atoms with van der Waals surface area (Å²) in [6.45, 7) is 7.73. The lowest BCUT2D eigenvalue weighted by molar-refractivity contribution is 0.172. The fraction of sp³-hybridized carbons (Fsp3) is 0.429. The Balaban J connectivity index is 2.27. The fourth-order valence-electron chi connectivity index (χ4n) is 2.42.